The lowest BCUT2D eigenvalue weighted by atomic mass is 9.83. The van der Waals surface area contributed by atoms with Crippen molar-refractivity contribution in [3.63, 3.8) is 0 Å². The van der Waals surface area contributed by atoms with Crippen molar-refractivity contribution in [3.8, 4) is 11.5 Å². The molecule has 2 bridgehead atoms. The number of benzene rings is 2. The first-order valence-corrected chi connectivity index (χ1v) is 21.4. The number of hydrogen-bond acceptors (Lipinski definition) is 9. The lowest BCUT2D eigenvalue weighted by Crippen LogP contribution is -2.58. The SMILES string of the molecule is C=C[C@@H]1C[C@]1(NC(=O)[C@@H]1C[C@@H]2CN1C(=O)[C@H](C1CCCCC1)NC(=O)O[C@@H]1C[C@H]1CCCCCc1c(cc3ccccc3c1OCCN1CCOCC1)O2)C(N)=O. The number of primary amides is 1. The quantitative estimate of drug-likeness (QED) is 0.308. The minimum absolute atomic E-state index is 0.0992. The maximum absolute atomic E-state index is 14.9. The van der Waals surface area contributed by atoms with Crippen LogP contribution in [0.2, 0.25) is 0 Å². The van der Waals surface area contributed by atoms with Gasteiger partial charge in [0.2, 0.25) is 17.7 Å². The van der Waals surface area contributed by atoms with E-state index in [1.165, 1.54) is 0 Å². The lowest BCUT2D eigenvalue weighted by Gasteiger charge is -2.34. The van der Waals surface area contributed by atoms with Crippen LogP contribution in [0.1, 0.15) is 82.6 Å². The normalized spacial score (nSPS) is 31.3. The van der Waals surface area contributed by atoms with Gasteiger partial charge >= 0.3 is 6.09 Å². The summed E-state index contributed by atoms with van der Waals surface area (Å²) in [7, 11) is 0. The molecule has 0 spiro atoms. The fourth-order valence-corrected chi connectivity index (χ4v) is 9.74. The van der Waals surface area contributed by atoms with E-state index in [-0.39, 0.29) is 36.8 Å². The molecular weight excluding hydrogens is 727 g/mol. The van der Waals surface area contributed by atoms with Gasteiger partial charge in [-0.2, -0.15) is 0 Å². The molecule has 13 nitrogen and oxygen atoms in total. The number of amides is 4. The number of alkyl carbamates (subject to hydrolysis) is 1. The molecule has 0 unspecified atom stereocenters. The molecule has 0 radical (unpaired) electrons. The van der Waals surface area contributed by atoms with E-state index in [0.29, 0.717) is 24.7 Å². The molecule has 57 heavy (non-hydrogen) atoms. The summed E-state index contributed by atoms with van der Waals surface area (Å²) >= 11 is 0. The Kier molecular flexibility index (Phi) is 11.9. The van der Waals surface area contributed by atoms with E-state index >= 15 is 0 Å². The maximum atomic E-state index is 14.9. The summed E-state index contributed by atoms with van der Waals surface area (Å²) in [6.45, 7) is 8.43. The number of carbonyl (C=O) groups is 4. The highest BCUT2D eigenvalue weighted by molar-refractivity contribution is 5.98. The van der Waals surface area contributed by atoms with E-state index in [9.17, 15) is 19.2 Å². The van der Waals surface area contributed by atoms with Crippen LogP contribution in [-0.4, -0.2) is 109 Å². The summed E-state index contributed by atoms with van der Waals surface area (Å²) in [5.41, 5.74) is 5.58. The Hall–Kier alpha value is -4.36. The van der Waals surface area contributed by atoms with Gasteiger partial charge in [-0.1, -0.05) is 62.4 Å². The third kappa shape index (κ3) is 8.74. The Balaban J connectivity index is 1.13. The number of morpholine rings is 1. The van der Waals surface area contributed by atoms with Crippen molar-refractivity contribution in [2.24, 2.45) is 23.5 Å². The van der Waals surface area contributed by atoms with E-state index in [2.05, 4.69) is 40.3 Å². The molecule has 2 saturated heterocycles. The van der Waals surface area contributed by atoms with Crippen LogP contribution >= 0.6 is 0 Å². The van der Waals surface area contributed by atoms with Crippen molar-refractivity contribution >= 4 is 34.6 Å². The van der Waals surface area contributed by atoms with Gasteiger partial charge in [0.05, 0.1) is 19.8 Å². The van der Waals surface area contributed by atoms with Crippen molar-refractivity contribution in [3.05, 3.63) is 48.6 Å². The molecule has 3 heterocycles. The van der Waals surface area contributed by atoms with Crippen molar-refractivity contribution in [2.45, 2.75) is 113 Å². The number of carbonyl (C=O) groups excluding carboxylic acids is 4. The van der Waals surface area contributed by atoms with Gasteiger partial charge < -0.3 is 40.2 Å². The van der Waals surface area contributed by atoms with Gasteiger partial charge in [0, 0.05) is 42.9 Å². The van der Waals surface area contributed by atoms with Gasteiger partial charge in [-0.05, 0) is 68.2 Å². The monoisotopic (exact) mass is 785 g/mol. The second kappa shape index (κ2) is 17.2. The molecule has 8 rings (SSSR count). The molecular formula is C44H59N5O8. The third-order valence-corrected chi connectivity index (χ3v) is 13.3. The molecule has 2 aromatic rings. The van der Waals surface area contributed by atoms with Crippen LogP contribution in [0.25, 0.3) is 10.8 Å². The molecule has 3 aliphatic heterocycles. The summed E-state index contributed by atoms with van der Waals surface area (Å²) in [5.74, 6) is -0.0276. The van der Waals surface area contributed by atoms with Gasteiger partial charge in [0.25, 0.3) is 0 Å². The van der Waals surface area contributed by atoms with Gasteiger partial charge in [0.1, 0.15) is 47.9 Å². The molecule has 308 valence electrons. The highest BCUT2D eigenvalue weighted by Gasteiger charge is 2.60. The number of nitrogens with zero attached hydrogens (tertiary/aromatic N) is 2. The Morgan fingerprint density at radius 2 is 1.75 bits per heavy atom. The summed E-state index contributed by atoms with van der Waals surface area (Å²) < 4.78 is 25.1. The molecule has 2 aromatic carbocycles. The predicted molar refractivity (Wildman–Crippen MR) is 214 cm³/mol. The number of hydrogen-bond donors (Lipinski definition) is 3. The average molecular weight is 786 g/mol. The van der Waals surface area contributed by atoms with Crippen LogP contribution in [0.3, 0.4) is 0 Å². The number of nitrogens with one attached hydrogen (secondary N) is 2. The average Bonchev–Trinajstić information content (AvgIpc) is 4.10. The molecule has 0 aromatic heterocycles. The zero-order valence-corrected chi connectivity index (χ0v) is 33.1. The van der Waals surface area contributed by atoms with Crippen molar-refractivity contribution < 1.29 is 38.1 Å². The van der Waals surface area contributed by atoms with E-state index in [1.54, 1.807) is 11.0 Å². The topological polar surface area (TPSA) is 162 Å². The molecule has 7 atom stereocenters. The zero-order valence-electron chi connectivity index (χ0n) is 33.1. The first kappa shape index (κ1) is 39.5. The van der Waals surface area contributed by atoms with Crippen LogP contribution in [0, 0.1) is 17.8 Å². The predicted octanol–water partition coefficient (Wildman–Crippen LogP) is 4.63. The molecule has 6 aliphatic rings. The largest absolute Gasteiger partial charge is 0.491 e. The number of fused-ring (bicyclic) bond motifs is 5. The van der Waals surface area contributed by atoms with Crippen LogP contribution < -0.4 is 25.8 Å². The second-order valence-electron chi connectivity index (χ2n) is 17.1. The molecule has 3 aliphatic carbocycles. The van der Waals surface area contributed by atoms with Crippen LogP contribution in [0.5, 0.6) is 11.5 Å². The van der Waals surface area contributed by atoms with Crippen LogP contribution in [-0.2, 0) is 30.3 Å². The van der Waals surface area contributed by atoms with Gasteiger partial charge in [-0.3, -0.25) is 19.3 Å². The molecule has 4 N–H and O–H groups in total. The molecule has 3 saturated carbocycles. The summed E-state index contributed by atoms with van der Waals surface area (Å²) in [5, 5.41) is 7.91. The fourth-order valence-electron chi connectivity index (χ4n) is 9.74. The molecule has 13 heteroatoms. The van der Waals surface area contributed by atoms with E-state index in [1.807, 2.05) is 12.1 Å². The highest BCUT2D eigenvalue weighted by atomic mass is 16.6. The van der Waals surface area contributed by atoms with E-state index in [4.69, 9.17) is 24.7 Å². The van der Waals surface area contributed by atoms with E-state index in [0.717, 1.165) is 126 Å². The van der Waals surface area contributed by atoms with Crippen LogP contribution in [0.4, 0.5) is 4.79 Å². The number of nitrogens with two attached hydrogens (primary N) is 1. The first-order valence-electron chi connectivity index (χ1n) is 21.4. The van der Waals surface area contributed by atoms with Crippen LogP contribution in [0.15, 0.2) is 43.0 Å². The molecule has 5 fully saturated rings. The van der Waals surface area contributed by atoms with Gasteiger partial charge in [0.15, 0.2) is 0 Å². The number of ether oxygens (including phenoxy) is 4. The van der Waals surface area contributed by atoms with Crippen molar-refractivity contribution in [2.75, 3.05) is 46.0 Å². The van der Waals surface area contributed by atoms with Gasteiger partial charge in [-0.15, -0.1) is 6.58 Å². The maximum Gasteiger partial charge on any atom is 0.408 e. The standard InChI is InChI=1S/C44H59N5O8/c1-2-31-26-44(31,42(45)52)47-40(50)35-25-32-27-49(35)41(51)38(28-11-5-3-6-12-28)46-43(53)57-36-24-30(36)14-7-4-8-16-34-37(56-32)23-29-13-9-10-15-33(29)39(34)55-22-19-48-17-20-54-21-18-48/h2,9-10,13,15,23,28,30-32,35-36,38H,1,3-8,11-12,14,16-22,24-27H2,(H2,45,52)(H,46,53)(H,47,50)/t30-,31-,32-,35+,36-,38+,44-/m1/s1. The minimum Gasteiger partial charge on any atom is -0.491 e. The minimum atomic E-state index is -1.25. The van der Waals surface area contributed by atoms with Gasteiger partial charge in [-0.25, -0.2) is 4.79 Å². The van der Waals surface area contributed by atoms with E-state index < -0.39 is 41.6 Å². The highest BCUT2D eigenvalue weighted by Crippen LogP contribution is 2.45. The Morgan fingerprint density at radius 3 is 2.51 bits per heavy atom. The summed E-state index contributed by atoms with van der Waals surface area (Å²) in [6, 6.07) is 8.42. The Labute approximate surface area is 335 Å². The van der Waals surface area contributed by atoms with Crippen molar-refractivity contribution in [1.29, 1.82) is 0 Å². The summed E-state index contributed by atoms with van der Waals surface area (Å²) in [4.78, 5) is 59.2. The third-order valence-electron chi connectivity index (χ3n) is 13.3. The smallest absolute Gasteiger partial charge is 0.408 e. The Morgan fingerprint density at radius 1 is 1.00 bits per heavy atom. The zero-order chi connectivity index (χ0) is 39.5. The number of rotatable bonds is 9. The fraction of sp³-hybridized carbons (Fsp3) is 0.636. The second-order valence-corrected chi connectivity index (χ2v) is 17.1. The van der Waals surface area contributed by atoms with Crippen molar-refractivity contribution in [1.82, 2.24) is 20.4 Å². The first-order chi connectivity index (χ1) is 27.7. The molecule has 4 amide bonds. The lowest BCUT2D eigenvalue weighted by molar-refractivity contribution is -0.142. The Bertz CT molecular complexity index is 1830. The summed E-state index contributed by atoms with van der Waals surface area (Å²) in [6.07, 6.45) is 10.9.